The highest BCUT2D eigenvalue weighted by atomic mass is 19.4. The molecule has 1 amide bonds. The van der Waals surface area contributed by atoms with Crippen molar-refractivity contribution in [2.45, 2.75) is 38.6 Å². The van der Waals surface area contributed by atoms with E-state index in [0.717, 1.165) is 36.9 Å². The average molecular weight is 359 g/mol. The predicted octanol–water partition coefficient (Wildman–Crippen LogP) is 2.75. The highest BCUT2D eigenvalue weighted by Gasteiger charge is 2.31. The Hall–Kier alpha value is -2.35. The lowest BCUT2D eigenvalue weighted by Crippen LogP contribution is -2.43. The zero-order valence-corrected chi connectivity index (χ0v) is 14.1. The summed E-state index contributed by atoms with van der Waals surface area (Å²) >= 11 is 0. The van der Waals surface area contributed by atoms with Crippen LogP contribution in [0.4, 0.5) is 13.2 Å². The minimum Gasteiger partial charge on any atom is -0.467 e. The van der Waals surface area contributed by atoms with Crippen LogP contribution in [0.2, 0.25) is 0 Å². The Labute approximate surface area is 143 Å². The van der Waals surface area contributed by atoms with Gasteiger partial charge in [0.05, 0.1) is 12.7 Å². The average Bonchev–Trinajstić information content (AvgIpc) is 2.56. The minimum atomic E-state index is -4.51. The van der Waals surface area contributed by atoms with Crippen LogP contribution in [0, 0.1) is 0 Å². The number of halogens is 3. The van der Waals surface area contributed by atoms with E-state index in [1.54, 1.807) is 6.08 Å². The number of rotatable bonds is 6. The number of alkyl halides is 3. The standard InChI is InChI=1S/C17H20F3NO4/c1-10(2)4-9-13(16(24)25-3)21-15(23)14(22)11-5-7-12(8-6-11)17(18,19)20/h4-8,13-14,22H,9H2,1-3H3,(H,21,23)/t13-,14+/m1/s1. The number of hydrogen-bond acceptors (Lipinski definition) is 4. The maximum absolute atomic E-state index is 12.5. The molecule has 0 spiro atoms. The number of aliphatic hydroxyl groups is 1. The highest BCUT2D eigenvalue weighted by molar-refractivity contribution is 5.87. The van der Waals surface area contributed by atoms with E-state index in [9.17, 15) is 27.9 Å². The monoisotopic (exact) mass is 359 g/mol. The van der Waals surface area contributed by atoms with E-state index >= 15 is 0 Å². The molecule has 0 heterocycles. The first-order chi connectivity index (χ1) is 11.6. The van der Waals surface area contributed by atoms with Crippen molar-refractivity contribution >= 4 is 11.9 Å². The molecule has 2 atom stereocenters. The number of carbonyl (C=O) groups excluding carboxylic acids is 2. The summed E-state index contributed by atoms with van der Waals surface area (Å²) in [4.78, 5) is 23.8. The normalized spacial score (nSPS) is 13.6. The van der Waals surface area contributed by atoms with Crippen molar-refractivity contribution in [2.75, 3.05) is 7.11 Å². The van der Waals surface area contributed by atoms with Gasteiger partial charge in [-0.25, -0.2) is 4.79 Å². The van der Waals surface area contributed by atoms with Crippen molar-refractivity contribution in [2.24, 2.45) is 0 Å². The Balaban J connectivity index is 2.86. The number of hydrogen-bond donors (Lipinski definition) is 2. The van der Waals surface area contributed by atoms with Crippen molar-refractivity contribution in [1.82, 2.24) is 5.32 Å². The molecule has 5 nitrogen and oxygen atoms in total. The van der Waals surface area contributed by atoms with Gasteiger partial charge in [0, 0.05) is 0 Å². The van der Waals surface area contributed by atoms with Gasteiger partial charge in [-0.2, -0.15) is 13.2 Å². The summed E-state index contributed by atoms with van der Waals surface area (Å²) in [5.41, 5.74) is 0.0163. The second kappa shape index (κ2) is 8.66. The Morgan fingerprint density at radius 3 is 2.24 bits per heavy atom. The first kappa shape index (κ1) is 20.7. The molecule has 1 aromatic carbocycles. The van der Waals surface area contributed by atoms with Gasteiger partial charge in [0.25, 0.3) is 5.91 Å². The maximum Gasteiger partial charge on any atom is 0.416 e. The molecule has 0 fully saturated rings. The van der Waals surface area contributed by atoms with Crippen molar-refractivity contribution < 1.29 is 32.6 Å². The van der Waals surface area contributed by atoms with Crippen LogP contribution in [0.1, 0.15) is 37.5 Å². The van der Waals surface area contributed by atoms with Gasteiger partial charge in [0.2, 0.25) is 0 Å². The molecule has 0 radical (unpaired) electrons. The summed E-state index contributed by atoms with van der Waals surface area (Å²) in [5, 5.41) is 12.3. The van der Waals surface area contributed by atoms with E-state index in [-0.39, 0.29) is 12.0 Å². The lowest BCUT2D eigenvalue weighted by Gasteiger charge is -2.18. The van der Waals surface area contributed by atoms with Crippen LogP contribution < -0.4 is 5.32 Å². The molecular formula is C17H20F3NO4. The number of methoxy groups -OCH3 is 1. The van der Waals surface area contributed by atoms with Crippen LogP contribution in [-0.2, 0) is 20.5 Å². The molecule has 8 heteroatoms. The molecule has 138 valence electrons. The third kappa shape index (κ3) is 6.22. The van der Waals surface area contributed by atoms with Crippen LogP contribution in [-0.4, -0.2) is 30.1 Å². The minimum absolute atomic E-state index is 0.0173. The molecule has 0 aliphatic rings. The number of esters is 1. The van der Waals surface area contributed by atoms with Crippen LogP contribution >= 0.6 is 0 Å². The Kier molecular flexibility index (Phi) is 7.17. The molecule has 0 aliphatic heterocycles. The molecule has 1 rings (SSSR count). The molecule has 0 aromatic heterocycles. The van der Waals surface area contributed by atoms with E-state index in [2.05, 4.69) is 10.1 Å². The van der Waals surface area contributed by atoms with Crippen molar-refractivity contribution in [3.8, 4) is 0 Å². The topological polar surface area (TPSA) is 75.6 Å². The Morgan fingerprint density at radius 1 is 1.24 bits per heavy atom. The summed E-state index contributed by atoms with van der Waals surface area (Å²) in [6.45, 7) is 3.63. The third-order valence-corrected chi connectivity index (χ3v) is 3.37. The van der Waals surface area contributed by atoms with Crippen molar-refractivity contribution in [3.05, 3.63) is 47.0 Å². The molecule has 25 heavy (non-hydrogen) atoms. The molecule has 0 aliphatic carbocycles. The van der Waals surface area contributed by atoms with Crippen molar-refractivity contribution in [1.29, 1.82) is 0 Å². The van der Waals surface area contributed by atoms with Crippen LogP contribution in [0.25, 0.3) is 0 Å². The third-order valence-electron chi connectivity index (χ3n) is 3.37. The fraction of sp³-hybridized carbons (Fsp3) is 0.412. The molecule has 2 N–H and O–H groups in total. The second-order valence-electron chi connectivity index (χ2n) is 5.62. The summed E-state index contributed by atoms with van der Waals surface area (Å²) in [6.07, 6.45) is -4.33. The summed E-state index contributed by atoms with van der Waals surface area (Å²) < 4.78 is 42.2. The van der Waals surface area contributed by atoms with Gasteiger partial charge >= 0.3 is 12.1 Å². The largest absolute Gasteiger partial charge is 0.467 e. The zero-order chi connectivity index (χ0) is 19.2. The lowest BCUT2D eigenvalue weighted by atomic mass is 10.1. The van der Waals surface area contributed by atoms with E-state index in [4.69, 9.17) is 0 Å². The Morgan fingerprint density at radius 2 is 1.80 bits per heavy atom. The number of amides is 1. The number of aliphatic hydroxyl groups excluding tert-OH is 1. The summed E-state index contributed by atoms with van der Waals surface area (Å²) in [7, 11) is 1.16. The van der Waals surface area contributed by atoms with Crippen LogP contribution in [0.5, 0.6) is 0 Å². The van der Waals surface area contributed by atoms with Crippen molar-refractivity contribution in [3.63, 3.8) is 0 Å². The first-order valence-electron chi connectivity index (χ1n) is 7.43. The SMILES string of the molecule is COC(=O)[C@@H](CC=C(C)C)NC(=O)[C@@H](O)c1ccc(C(F)(F)F)cc1. The highest BCUT2D eigenvalue weighted by Crippen LogP contribution is 2.30. The summed E-state index contributed by atoms with van der Waals surface area (Å²) in [5.74, 6) is -1.59. The van der Waals surface area contributed by atoms with Gasteiger partial charge in [-0.15, -0.1) is 0 Å². The van der Waals surface area contributed by atoms with E-state index in [1.807, 2.05) is 13.8 Å². The number of allylic oxidation sites excluding steroid dienone is 1. The molecule has 0 saturated carbocycles. The van der Waals surface area contributed by atoms with Gasteiger partial charge in [-0.3, -0.25) is 4.79 Å². The number of benzene rings is 1. The number of ether oxygens (including phenoxy) is 1. The number of carbonyl (C=O) groups is 2. The van der Waals surface area contributed by atoms with Gasteiger partial charge in [-0.1, -0.05) is 23.8 Å². The predicted molar refractivity (Wildman–Crippen MR) is 84.4 cm³/mol. The van der Waals surface area contributed by atoms with Gasteiger partial charge in [0.1, 0.15) is 6.04 Å². The van der Waals surface area contributed by atoms with Gasteiger partial charge < -0.3 is 15.2 Å². The molecule has 0 bridgehead atoms. The van der Waals surface area contributed by atoms with Crippen LogP contribution in [0.3, 0.4) is 0 Å². The second-order valence-corrected chi connectivity index (χ2v) is 5.62. The Bertz CT molecular complexity index is 634. The molecular weight excluding hydrogens is 339 g/mol. The quantitative estimate of drug-likeness (QED) is 0.605. The fourth-order valence-electron chi connectivity index (χ4n) is 1.97. The van der Waals surface area contributed by atoms with E-state index in [1.165, 1.54) is 0 Å². The zero-order valence-electron chi connectivity index (χ0n) is 14.1. The molecule has 1 aromatic rings. The maximum atomic E-state index is 12.5. The summed E-state index contributed by atoms with van der Waals surface area (Å²) in [6, 6.07) is 2.56. The van der Waals surface area contributed by atoms with Gasteiger partial charge in [0.15, 0.2) is 6.10 Å². The smallest absolute Gasteiger partial charge is 0.416 e. The fourth-order valence-corrected chi connectivity index (χ4v) is 1.97. The van der Waals surface area contributed by atoms with E-state index in [0.29, 0.717) is 0 Å². The van der Waals surface area contributed by atoms with E-state index < -0.39 is 35.8 Å². The molecule has 0 saturated heterocycles. The van der Waals surface area contributed by atoms with Crippen LogP contribution in [0.15, 0.2) is 35.9 Å². The molecule has 0 unspecified atom stereocenters. The first-order valence-corrected chi connectivity index (χ1v) is 7.43. The van der Waals surface area contributed by atoms with Gasteiger partial charge in [-0.05, 0) is 38.0 Å². The number of nitrogens with one attached hydrogen (secondary N) is 1. The lowest BCUT2D eigenvalue weighted by molar-refractivity contribution is -0.146.